The summed E-state index contributed by atoms with van der Waals surface area (Å²) < 4.78 is 79.5. The molecule has 1 unspecified atom stereocenters. The van der Waals surface area contributed by atoms with E-state index in [0.717, 1.165) is 24.4 Å². The quantitative estimate of drug-likeness (QED) is 0.501. The molecule has 0 radical (unpaired) electrons. The van der Waals surface area contributed by atoms with Gasteiger partial charge in [0.1, 0.15) is 23.4 Å². The number of fused-ring (bicyclic) bond motifs is 1. The highest BCUT2D eigenvalue weighted by Gasteiger charge is 2.36. The van der Waals surface area contributed by atoms with Gasteiger partial charge in [0.05, 0.1) is 30.2 Å². The van der Waals surface area contributed by atoms with Gasteiger partial charge >= 0.3 is 6.18 Å². The molecule has 33 heavy (non-hydrogen) atoms. The summed E-state index contributed by atoms with van der Waals surface area (Å²) in [5, 5.41) is 20.4. The van der Waals surface area contributed by atoms with Gasteiger partial charge in [-0.05, 0) is 6.07 Å². The number of benzene rings is 1. The fourth-order valence-electron chi connectivity index (χ4n) is 3.09. The van der Waals surface area contributed by atoms with Crippen LogP contribution >= 0.6 is 0 Å². The number of pyridine rings is 1. The summed E-state index contributed by atoms with van der Waals surface area (Å²) in [6, 6.07) is 4.51. The number of hydrogen-bond acceptors (Lipinski definition) is 7. The third-order valence-electron chi connectivity index (χ3n) is 4.85. The van der Waals surface area contributed by atoms with Crippen LogP contribution in [-0.2, 0) is 10.9 Å². The standard InChI is InChI=1S/C20H14F5N5O3/c21-12-3-10(30-18-29-7-19(6-26,8-31)9-32-18)4-13(22)16(12)33-14-1-2-27-17-15(14)11(5-28-17)20(23,24)25/h1-5,31H,7-9H2,(H,27,28)(H,29,30). The molecule has 13 heteroatoms. The Morgan fingerprint density at radius 2 is 2.03 bits per heavy atom. The maximum atomic E-state index is 14.6. The average molecular weight is 467 g/mol. The number of nitrogens with one attached hydrogen (secondary N) is 2. The molecule has 1 aliphatic heterocycles. The molecule has 172 valence electrons. The molecule has 0 saturated heterocycles. The number of aromatic amines is 1. The van der Waals surface area contributed by atoms with Crippen molar-refractivity contribution in [3.8, 4) is 17.6 Å². The maximum Gasteiger partial charge on any atom is 0.418 e. The highest BCUT2D eigenvalue weighted by Crippen LogP contribution is 2.41. The molecule has 8 nitrogen and oxygen atoms in total. The number of ether oxygens (including phenoxy) is 2. The fourth-order valence-corrected chi connectivity index (χ4v) is 3.09. The number of aliphatic hydroxyl groups is 1. The second-order valence-corrected chi connectivity index (χ2v) is 7.19. The number of aromatic nitrogens is 2. The predicted octanol–water partition coefficient (Wildman–Crippen LogP) is 3.95. The number of halogens is 5. The van der Waals surface area contributed by atoms with Crippen LogP contribution in [0.4, 0.5) is 27.6 Å². The van der Waals surface area contributed by atoms with E-state index in [1.165, 1.54) is 0 Å². The van der Waals surface area contributed by atoms with Gasteiger partial charge in [-0.3, -0.25) is 0 Å². The van der Waals surface area contributed by atoms with E-state index in [4.69, 9.17) is 14.7 Å². The summed E-state index contributed by atoms with van der Waals surface area (Å²) in [5.41, 5.74) is -2.59. The van der Waals surface area contributed by atoms with Crippen LogP contribution in [-0.4, -0.2) is 40.9 Å². The molecule has 2 aromatic heterocycles. The van der Waals surface area contributed by atoms with Crippen molar-refractivity contribution in [2.24, 2.45) is 10.4 Å². The summed E-state index contributed by atoms with van der Waals surface area (Å²) in [4.78, 5) is 10.1. The van der Waals surface area contributed by atoms with Gasteiger partial charge in [0, 0.05) is 30.2 Å². The minimum atomic E-state index is -4.75. The number of nitrogens with zero attached hydrogens (tertiary/aromatic N) is 3. The van der Waals surface area contributed by atoms with Crippen molar-refractivity contribution in [3.05, 3.63) is 47.8 Å². The largest absolute Gasteiger partial charge is 0.463 e. The third kappa shape index (κ3) is 4.24. The van der Waals surface area contributed by atoms with Crippen molar-refractivity contribution >= 4 is 22.7 Å². The summed E-state index contributed by atoms with van der Waals surface area (Å²) >= 11 is 0. The number of rotatable bonds is 4. The zero-order chi connectivity index (χ0) is 23.8. The van der Waals surface area contributed by atoms with Gasteiger partial charge in [0.25, 0.3) is 6.02 Å². The van der Waals surface area contributed by atoms with Crippen LogP contribution in [0.25, 0.3) is 11.0 Å². The van der Waals surface area contributed by atoms with Crippen molar-refractivity contribution in [2.75, 3.05) is 25.1 Å². The molecule has 1 aliphatic rings. The lowest BCUT2D eigenvalue weighted by Gasteiger charge is -2.27. The lowest BCUT2D eigenvalue weighted by molar-refractivity contribution is -0.136. The van der Waals surface area contributed by atoms with Gasteiger partial charge < -0.3 is 24.9 Å². The minimum Gasteiger partial charge on any atom is -0.463 e. The molecule has 1 atom stereocenters. The summed E-state index contributed by atoms with van der Waals surface area (Å²) in [5.74, 6) is -3.77. The van der Waals surface area contributed by atoms with Gasteiger partial charge in [-0.15, -0.1) is 0 Å². The summed E-state index contributed by atoms with van der Waals surface area (Å²) in [6.45, 7) is -0.756. The number of alkyl halides is 3. The van der Waals surface area contributed by atoms with Crippen molar-refractivity contribution in [2.45, 2.75) is 6.18 Å². The smallest absolute Gasteiger partial charge is 0.418 e. The number of aliphatic hydroxyl groups excluding tert-OH is 1. The maximum absolute atomic E-state index is 14.6. The first kappa shape index (κ1) is 22.3. The molecule has 3 heterocycles. The van der Waals surface area contributed by atoms with Crippen molar-refractivity contribution in [1.29, 1.82) is 5.26 Å². The van der Waals surface area contributed by atoms with E-state index in [1.807, 2.05) is 6.07 Å². The van der Waals surface area contributed by atoms with Crippen LogP contribution in [0.5, 0.6) is 11.5 Å². The molecular formula is C20H14F5N5O3. The van der Waals surface area contributed by atoms with Gasteiger partial charge in [0.2, 0.25) is 0 Å². The van der Waals surface area contributed by atoms with Crippen LogP contribution in [0.15, 0.2) is 35.6 Å². The fraction of sp³-hybridized carbons (Fsp3) is 0.250. The van der Waals surface area contributed by atoms with Crippen molar-refractivity contribution < 1.29 is 36.5 Å². The zero-order valence-electron chi connectivity index (χ0n) is 16.5. The van der Waals surface area contributed by atoms with Gasteiger partial charge in [-0.2, -0.15) is 18.4 Å². The van der Waals surface area contributed by atoms with Crippen molar-refractivity contribution in [1.82, 2.24) is 9.97 Å². The molecule has 0 fully saturated rings. The number of nitriles is 1. The van der Waals surface area contributed by atoms with E-state index < -0.39 is 52.3 Å². The van der Waals surface area contributed by atoms with Crippen LogP contribution in [0.1, 0.15) is 5.56 Å². The first-order chi connectivity index (χ1) is 15.7. The Hall–Kier alpha value is -3.92. The normalized spacial score (nSPS) is 18.4. The molecule has 0 amide bonds. The van der Waals surface area contributed by atoms with Crippen LogP contribution in [0, 0.1) is 28.4 Å². The van der Waals surface area contributed by atoms with Crippen LogP contribution in [0.3, 0.4) is 0 Å². The van der Waals surface area contributed by atoms with Gasteiger partial charge in [-0.25, -0.2) is 18.8 Å². The highest BCUT2D eigenvalue weighted by atomic mass is 19.4. The Morgan fingerprint density at radius 1 is 1.30 bits per heavy atom. The topological polar surface area (TPSA) is 116 Å². The molecule has 1 aromatic carbocycles. The van der Waals surface area contributed by atoms with E-state index in [9.17, 15) is 27.1 Å². The zero-order valence-corrected chi connectivity index (χ0v) is 16.5. The van der Waals surface area contributed by atoms with E-state index in [1.54, 1.807) is 0 Å². The Morgan fingerprint density at radius 3 is 2.61 bits per heavy atom. The number of hydrogen-bond donors (Lipinski definition) is 3. The third-order valence-corrected chi connectivity index (χ3v) is 4.85. The molecule has 3 N–H and O–H groups in total. The SMILES string of the molecule is N#CC1(CO)CN=C(Nc2cc(F)c(Oc3ccnc4[nH]cc(C(F)(F)F)c34)c(F)c2)OC1. The summed E-state index contributed by atoms with van der Waals surface area (Å²) in [7, 11) is 0. The number of H-pyrrole nitrogens is 1. The Labute approximate surface area is 182 Å². The molecule has 3 aromatic rings. The number of amidine groups is 1. The molecule has 4 rings (SSSR count). The number of anilines is 1. The Balaban J connectivity index is 1.60. The molecule has 0 spiro atoms. The minimum absolute atomic E-state index is 0.0925. The van der Waals surface area contributed by atoms with Crippen LogP contribution in [0.2, 0.25) is 0 Å². The summed E-state index contributed by atoms with van der Waals surface area (Å²) in [6.07, 6.45) is -2.93. The average Bonchev–Trinajstić information content (AvgIpc) is 3.23. The number of aliphatic imine (C=N–C) groups is 1. The predicted molar refractivity (Wildman–Crippen MR) is 105 cm³/mol. The lowest BCUT2D eigenvalue weighted by atomic mass is 9.92. The molecular weight excluding hydrogens is 453 g/mol. The molecule has 0 bridgehead atoms. The van der Waals surface area contributed by atoms with E-state index in [-0.39, 0.29) is 30.5 Å². The first-order valence-corrected chi connectivity index (χ1v) is 9.32. The van der Waals surface area contributed by atoms with Gasteiger partial charge in [0.15, 0.2) is 17.4 Å². The van der Waals surface area contributed by atoms with Crippen LogP contribution < -0.4 is 10.1 Å². The van der Waals surface area contributed by atoms with E-state index in [0.29, 0.717) is 6.20 Å². The second kappa shape index (κ2) is 8.21. The van der Waals surface area contributed by atoms with E-state index >= 15 is 0 Å². The molecule has 0 aliphatic carbocycles. The Bertz CT molecular complexity index is 1260. The van der Waals surface area contributed by atoms with Gasteiger partial charge in [-0.1, -0.05) is 0 Å². The first-order valence-electron chi connectivity index (χ1n) is 9.32. The highest BCUT2D eigenvalue weighted by molar-refractivity contribution is 5.90. The van der Waals surface area contributed by atoms with Crippen molar-refractivity contribution in [3.63, 3.8) is 0 Å². The monoisotopic (exact) mass is 467 g/mol. The lowest BCUT2D eigenvalue weighted by Crippen LogP contribution is -2.39. The van der Waals surface area contributed by atoms with E-state index in [2.05, 4.69) is 20.3 Å². The molecule has 0 saturated carbocycles. The second-order valence-electron chi connectivity index (χ2n) is 7.19. The Kier molecular flexibility index (Phi) is 5.54.